The minimum Gasteiger partial charge on any atom is -0.497 e. The summed E-state index contributed by atoms with van der Waals surface area (Å²) in [6, 6.07) is 7.50. The fourth-order valence-electron chi connectivity index (χ4n) is 3.27. The van der Waals surface area contributed by atoms with Gasteiger partial charge in [0.05, 0.1) is 14.2 Å². The van der Waals surface area contributed by atoms with Crippen LogP contribution in [-0.4, -0.2) is 55.3 Å². The Hall–Kier alpha value is -3.82. The van der Waals surface area contributed by atoms with Crippen molar-refractivity contribution >= 4 is 17.8 Å². The van der Waals surface area contributed by atoms with Gasteiger partial charge in [0.25, 0.3) is 5.91 Å². The van der Waals surface area contributed by atoms with Gasteiger partial charge in [-0.3, -0.25) is 9.59 Å². The molecule has 2 aromatic rings. The number of benzene rings is 1. The van der Waals surface area contributed by atoms with Crippen molar-refractivity contribution in [2.45, 2.75) is 52.9 Å². The quantitative estimate of drug-likeness (QED) is 0.475. The Kier molecular flexibility index (Phi) is 9.86. The predicted octanol–water partition coefficient (Wildman–Crippen LogP) is 3.18. The van der Waals surface area contributed by atoms with Gasteiger partial charge in [-0.25, -0.2) is 9.78 Å². The van der Waals surface area contributed by atoms with Crippen LogP contribution in [0.2, 0.25) is 0 Å². The average Bonchev–Trinajstić information content (AvgIpc) is 2.82. The summed E-state index contributed by atoms with van der Waals surface area (Å²) in [4.78, 5) is 41.1. The van der Waals surface area contributed by atoms with Gasteiger partial charge in [0.15, 0.2) is 11.4 Å². The third kappa shape index (κ3) is 7.59. The van der Waals surface area contributed by atoms with Crippen LogP contribution in [0.1, 0.15) is 45.1 Å². The van der Waals surface area contributed by atoms with E-state index in [1.165, 1.54) is 33.2 Å². The molecule has 1 aromatic carbocycles. The standard InChI is InChI=1S/C25H32N2O8/c1-14(2)22(16(4)33-19-10-8-18(31-6)9-11-19)35-25(30)15(3)27-24(29)21-23(34-17(5)28)20(32-7)12-13-26-21/h8-16,22H,1-7H3,(H,27,29)/t15-,16-,22?/m0/s1. The van der Waals surface area contributed by atoms with Gasteiger partial charge < -0.3 is 29.0 Å². The molecule has 0 aliphatic heterocycles. The van der Waals surface area contributed by atoms with Gasteiger partial charge in [0.1, 0.15) is 29.7 Å². The summed E-state index contributed by atoms with van der Waals surface area (Å²) in [6.45, 7) is 8.28. The lowest BCUT2D eigenvalue weighted by Gasteiger charge is -2.29. The highest BCUT2D eigenvalue weighted by molar-refractivity contribution is 5.98. The minimum absolute atomic E-state index is 0.0641. The monoisotopic (exact) mass is 488 g/mol. The molecule has 0 saturated carbocycles. The van der Waals surface area contributed by atoms with Crippen LogP contribution in [0, 0.1) is 5.92 Å². The largest absolute Gasteiger partial charge is 0.497 e. The molecule has 35 heavy (non-hydrogen) atoms. The number of pyridine rings is 1. The first-order valence-corrected chi connectivity index (χ1v) is 11.1. The number of esters is 2. The Labute approximate surface area is 204 Å². The van der Waals surface area contributed by atoms with Gasteiger partial charge >= 0.3 is 11.9 Å². The highest BCUT2D eigenvalue weighted by Crippen LogP contribution is 2.29. The molecule has 0 fully saturated rings. The van der Waals surface area contributed by atoms with E-state index in [2.05, 4.69) is 10.3 Å². The predicted molar refractivity (Wildman–Crippen MR) is 127 cm³/mol. The van der Waals surface area contributed by atoms with E-state index in [1.807, 2.05) is 13.8 Å². The van der Waals surface area contributed by atoms with E-state index in [1.54, 1.807) is 38.3 Å². The highest BCUT2D eigenvalue weighted by Gasteiger charge is 2.30. The molecule has 190 valence electrons. The van der Waals surface area contributed by atoms with E-state index in [9.17, 15) is 14.4 Å². The minimum atomic E-state index is -1.02. The lowest BCUT2D eigenvalue weighted by molar-refractivity contribution is -0.158. The number of nitrogens with one attached hydrogen (secondary N) is 1. The first-order valence-electron chi connectivity index (χ1n) is 11.1. The van der Waals surface area contributed by atoms with Gasteiger partial charge in [-0.15, -0.1) is 0 Å². The third-order valence-corrected chi connectivity index (χ3v) is 5.00. The van der Waals surface area contributed by atoms with E-state index >= 15 is 0 Å². The van der Waals surface area contributed by atoms with E-state index < -0.39 is 36.1 Å². The van der Waals surface area contributed by atoms with Crippen molar-refractivity contribution in [2.75, 3.05) is 14.2 Å². The maximum atomic E-state index is 12.8. The summed E-state index contributed by atoms with van der Waals surface area (Å²) in [5.41, 5.74) is -0.198. The number of carbonyl (C=O) groups is 3. The summed E-state index contributed by atoms with van der Waals surface area (Å²) in [7, 11) is 2.94. The van der Waals surface area contributed by atoms with Gasteiger partial charge in [-0.2, -0.15) is 0 Å². The van der Waals surface area contributed by atoms with Crippen molar-refractivity contribution in [2.24, 2.45) is 5.92 Å². The molecule has 1 N–H and O–H groups in total. The molecule has 10 heteroatoms. The maximum Gasteiger partial charge on any atom is 0.328 e. The van der Waals surface area contributed by atoms with Gasteiger partial charge in [-0.1, -0.05) is 13.8 Å². The normalized spacial score (nSPS) is 13.3. The summed E-state index contributed by atoms with van der Waals surface area (Å²) in [5, 5.41) is 2.53. The molecule has 1 unspecified atom stereocenters. The van der Waals surface area contributed by atoms with Crippen LogP contribution in [-0.2, 0) is 14.3 Å². The molecule has 1 amide bonds. The lowest BCUT2D eigenvalue weighted by Crippen LogP contribution is -2.45. The van der Waals surface area contributed by atoms with Crippen LogP contribution in [0.4, 0.5) is 0 Å². The zero-order chi connectivity index (χ0) is 26.1. The second-order valence-electron chi connectivity index (χ2n) is 8.12. The van der Waals surface area contributed by atoms with Crippen molar-refractivity contribution in [1.29, 1.82) is 0 Å². The van der Waals surface area contributed by atoms with Crippen LogP contribution >= 0.6 is 0 Å². The van der Waals surface area contributed by atoms with Gasteiger partial charge in [-0.05, 0) is 44.0 Å². The number of aromatic nitrogens is 1. The summed E-state index contributed by atoms with van der Waals surface area (Å²) in [6.07, 6.45) is 0.276. The Balaban J connectivity index is 2.09. The molecule has 0 aliphatic carbocycles. The summed E-state index contributed by atoms with van der Waals surface area (Å²) < 4.78 is 27.0. The number of ether oxygens (including phenoxy) is 5. The number of methoxy groups -OCH3 is 2. The fraction of sp³-hybridized carbons (Fsp3) is 0.440. The number of amides is 1. The Bertz CT molecular complexity index is 1020. The van der Waals surface area contributed by atoms with Gasteiger partial charge in [0.2, 0.25) is 5.75 Å². The summed E-state index contributed by atoms with van der Waals surface area (Å²) >= 11 is 0. The molecule has 0 bridgehead atoms. The molecule has 2 rings (SSSR count). The lowest BCUT2D eigenvalue weighted by atomic mass is 10.0. The molecule has 1 aromatic heterocycles. The molecular weight excluding hydrogens is 456 g/mol. The maximum absolute atomic E-state index is 12.8. The number of hydrogen-bond donors (Lipinski definition) is 1. The van der Waals surface area contributed by atoms with E-state index in [-0.39, 0.29) is 23.1 Å². The zero-order valence-electron chi connectivity index (χ0n) is 21.0. The van der Waals surface area contributed by atoms with E-state index in [0.717, 1.165) is 0 Å². The molecule has 1 heterocycles. The molecule has 0 radical (unpaired) electrons. The van der Waals surface area contributed by atoms with Crippen molar-refractivity contribution in [3.05, 3.63) is 42.2 Å². The Morgan fingerprint density at radius 3 is 2.09 bits per heavy atom. The van der Waals surface area contributed by atoms with Crippen LogP contribution in [0.3, 0.4) is 0 Å². The SMILES string of the molecule is COc1ccc(O[C@@H](C)C(OC(=O)[C@H](C)NC(=O)c2nccc(OC)c2OC(C)=O)C(C)C)cc1. The topological polar surface area (TPSA) is 122 Å². The average molecular weight is 489 g/mol. The fourth-order valence-corrected chi connectivity index (χ4v) is 3.27. The molecule has 10 nitrogen and oxygen atoms in total. The highest BCUT2D eigenvalue weighted by atomic mass is 16.6. The second-order valence-corrected chi connectivity index (χ2v) is 8.12. The third-order valence-electron chi connectivity index (χ3n) is 5.00. The Morgan fingerprint density at radius 1 is 0.914 bits per heavy atom. The first-order chi connectivity index (χ1) is 16.6. The molecule has 0 saturated heterocycles. The molecule has 0 spiro atoms. The van der Waals surface area contributed by atoms with Crippen LogP contribution in [0.5, 0.6) is 23.0 Å². The first kappa shape index (κ1) is 27.4. The smallest absolute Gasteiger partial charge is 0.328 e. The second kappa shape index (κ2) is 12.6. The number of hydrogen-bond acceptors (Lipinski definition) is 9. The molecular formula is C25H32N2O8. The molecule has 0 aliphatic rings. The van der Waals surface area contributed by atoms with Crippen molar-refractivity contribution < 1.29 is 38.1 Å². The van der Waals surface area contributed by atoms with E-state index in [4.69, 9.17) is 23.7 Å². The zero-order valence-corrected chi connectivity index (χ0v) is 21.0. The van der Waals surface area contributed by atoms with Gasteiger partial charge in [0, 0.05) is 19.2 Å². The summed E-state index contributed by atoms with van der Waals surface area (Å²) in [5.74, 6) is -0.782. The number of rotatable bonds is 11. The number of carbonyl (C=O) groups excluding carboxylic acids is 3. The van der Waals surface area contributed by atoms with Crippen LogP contribution in [0.15, 0.2) is 36.5 Å². The van der Waals surface area contributed by atoms with E-state index in [0.29, 0.717) is 11.5 Å². The van der Waals surface area contributed by atoms with Crippen molar-refractivity contribution in [1.82, 2.24) is 10.3 Å². The van der Waals surface area contributed by atoms with Crippen molar-refractivity contribution in [3.63, 3.8) is 0 Å². The Morgan fingerprint density at radius 2 is 1.54 bits per heavy atom. The molecule has 3 atom stereocenters. The van der Waals surface area contributed by atoms with Crippen LogP contribution < -0.4 is 24.3 Å². The van der Waals surface area contributed by atoms with Crippen LogP contribution in [0.25, 0.3) is 0 Å². The van der Waals surface area contributed by atoms with Crippen molar-refractivity contribution in [3.8, 4) is 23.0 Å². The number of nitrogens with zero attached hydrogens (tertiary/aromatic N) is 1.